The normalized spacial score (nSPS) is 11.0. The van der Waals surface area contributed by atoms with Gasteiger partial charge in [0.05, 0.1) is 31.1 Å². The fraction of sp³-hybridized carbons (Fsp3) is 0.0667. The van der Waals surface area contributed by atoms with Gasteiger partial charge in [-0.2, -0.15) is 10.2 Å². The Morgan fingerprint density at radius 2 is 1.44 bits per heavy atom. The molecule has 2 aromatic heterocycles. The summed E-state index contributed by atoms with van der Waals surface area (Å²) < 4.78 is 3.70. The van der Waals surface area contributed by atoms with E-state index in [9.17, 15) is 0 Å². The van der Waals surface area contributed by atoms with Crippen molar-refractivity contribution in [3.63, 3.8) is 0 Å². The second kappa shape index (κ2) is 7.93. The van der Waals surface area contributed by atoms with E-state index < -0.39 is 0 Å². The number of rotatable bonds is 0. The summed E-state index contributed by atoms with van der Waals surface area (Å²) >= 11 is 27.8. The van der Waals surface area contributed by atoms with Gasteiger partial charge in [0.25, 0.3) is 0 Å². The summed E-state index contributed by atoms with van der Waals surface area (Å²) in [6.45, 7) is 0. The number of H-pyrrole nitrogens is 1. The van der Waals surface area contributed by atoms with Gasteiger partial charge >= 0.3 is 0 Å². The van der Waals surface area contributed by atoms with Crippen molar-refractivity contribution < 1.29 is 0 Å². The second-order valence-corrected chi connectivity index (χ2v) is 8.75. The summed E-state index contributed by atoms with van der Waals surface area (Å²) in [5.41, 5.74) is 1.84. The molecule has 0 atom stereocenters. The smallest absolute Gasteiger partial charge is 0.131 e. The Kier molecular flexibility index (Phi) is 6.27. The SMILES string of the molecule is Clc1cc2n[nH]c(I)c2cc1Cl.Cn1nc(I)c2cc(Cl)c(Cl)cc21. The number of benzene rings is 2. The maximum atomic E-state index is 5.90. The van der Waals surface area contributed by atoms with Gasteiger partial charge in [-0.15, -0.1) is 0 Å². The molecule has 0 saturated heterocycles. The molecule has 1 N–H and O–H groups in total. The minimum atomic E-state index is 0.534. The van der Waals surface area contributed by atoms with Crippen LogP contribution in [0.4, 0.5) is 0 Å². The van der Waals surface area contributed by atoms with Crippen molar-refractivity contribution in [3.05, 3.63) is 51.8 Å². The number of aromatic amines is 1. The van der Waals surface area contributed by atoms with Crippen LogP contribution in [0.5, 0.6) is 0 Å². The van der Waals surface area contributed by atoms with Crippen LogP contribution in [-0.4, -0.2) is 20.0 Å². The molecule has 10 heteroatoms. The average Bonchev–Trinajstić information content (AvgIpc) is 3.03. The van der Waals surface area contributed by atoms with Gasteiger partial charge in [0.2, 0.25) is 0 Å². The lowest BCUT2D eigenvalue weighted by Crippen LogP contribution is -1.89. The predicted octanol–water partition coefficient (Wildman–Crippen LogP) is 6.96. The molecule has 2 heterocycles. The number of halogens is 6. The highest BCUT2D eigenvalue weighted by atomic mass is 127. The van der Waals surface area contributed by atoms with Crippen LogP contribution >= 0.6 is 91.6 Å². The van der Waals surface area contributed by atoms with Crippen LogP contribution in [0, 0.1) is 7.40 Å². The Hall–Kier alpha value is -0.000000000000000111. The van der Waals surface area contributed by atoms with E-state index in [4.69, 9.17) is 46.4 Å². The number of aryl methyl sites for hydroxylation is 1. The Morgan fingerprint density at radius 1 is 0.880 bits per heavy atom. The summed E-state index contributed by atoms with van der Waals surface area (Å²) in [5, 5.41) is 15.4. The van der Waals surface area contributed by atoms with E-state index >= 15 is 0 Å². The average molecular weight is 640 g/mol. The van der Waals surface area contributed by atoms with E-state index in [1.54, 1.807) is 10.7 Å². The molecule has 0 saturated carbocycles. The van der Waals surface area contributed by atoms with E-state index in [-0.39, 0.29) is 0 Å². The molecule has 0 unspecified atom stereocenters. The topological polar surface area (TPSA) is 46.5 Å². The lowest BCUT2D eigenvalue weighted by atomic mass is 10.2. The van der Waals surface area contributed by atoms with Crippen molar-refractivity contribution in [1.29, 1.82) is 0 Å². The zero-order valence-corrected chi connectivity index (χ0v) is 19.8. The molecule has 0 radical (unpaired) electrons. The standard InChI is InChI=1S/C8H5Cl2IN2.C7H3Cl2IN2/c1-13-7-3-6(10)5(9)2-4(7)8(11)12-13;8-4-1-3-6(2-5(4)9)11-12-7(3)10/h2-3H,1H3;1-2H,(H,11,12). The Bertz CT molecular complexity index is 1050. The molecule has 0 bridgehead atoms. The summed E-state index contributed by atoms with van der Waals surface area (Å²) in [6, 6.07) is 7.23. The summed E-state index contributed by atoms with van der Waals surface area (Å²) in [6.07, 6.45) is 0. The first kappa shape index (κ1) is 19.8. The van der Waals surface area contributed by atoms with Crippen LogP contribution in [0.2, 0.25) is 20.1 Å². The molecule has 4 nitrogen and oxygen atoms in total. The Balaban J connectivity index is 0.000000146. The van der Waals surface area contributed by atoms with Crippen molar-refractivity contribution >= 4 is 113 Å². The van der Waals surface area contributed by atoms with Crippen molar-refractivity contribution in [2.75, 3.05) is 0 Å². The molecule has 0 fully saturated rings. The van der Waals surface area contributed by atoms with E-state index in [2.05, 4.69) is 60.5 Å². The monoisotopic (exact) mass is 638 g/mol. The van der Waals surface area contributed by atoms with Crippen molar-refractivity contribution in [3.8, 4) is 0 Å². The first-order valence-electron chi connectivity index (χ1n) is 6.73. The lowest BCUT2D eigenvalue weighted by Gasteiger charge is -1.97. The minimum absolute atomic E-state index is 0.534. The fourth-order valence-corrected chi connectivity index (χ4v) is 4.13. The largest absolute Gasteiger partial charge is 0.271 e. The number of fused-ring (bicyclic) bond motifs is 2. The molecule has 0 spiro atoms. The van der Waals surface area contributed by atoms with Crippen molar-refractivity contribution in [2.24, 2.45) is 7.05 Å². The van der Waals surface area contributed by atoms with Crippen LogP contribution in [0.1, 0.15) is 0 Å². The lowest BCUT2D eigenvalue weighted by molar-refractivity contribution is 0.787. The highest BCUT2D eigenvalue weighted by molar-refractivity contribution is 14.1. The van der Waals surface area contributed by atoms with Crippen molar-refractivity contribution in [1.82, 2.24) is 20.0 Å². The van der Waals surface area contributed by atoms with Gasteiger partial charge in [-0.1, -0.05) is 46.4 Å². The van der Waals surface area contributed by atoms with Gasteiger partial charge in [-0.3, -0.25) is 9.78 Å². The summed E-state index contributed by atoms with van der Waals surface area (Å²) in [5.74, 6) is 0. The maximum absolute atomic E-state index is 5.90. The quantitative estimate of drug-likeness (QED) is 0.212. The van der Waals surface area contributed by atoms with E-state index in [0.717, 1.165) is 29.2 Å². The molecule has 4 rings (SSSR count). The fourth-order valence-electron chi connectivity index (χ4n) is 2.18. The van der Waals surface area contributed by atoms with Crippen LogP contribution in [0.25, 0.3) is 21.8 Å². The molecular weight excluding hydrogens is 632 g/mol. The zero-order chi connectivity index (χ0) is 18.3. The highest BCUT2D eigenvalue weighted by Crippen LogP contribution is 2.30. The summed E-state index contributed by atoms with van der Waals surface area (Å²) in [7, 11) is 1.88. The number of nitrogens with zero attached hydrogens (tertiary/aromatic N) is 3. The van der Waals surface area contributed by atoms with Crippen LogP contribution in [-0.2, 0) is 7.05 Å². The van der Waals surface area contributed by atoms with Gasteiger partial charge < -0.3 is 0 Å². The minimum Gasteiger partial charge on any atom is -0.271 e. The van der Waals surface area contributed by atoms with Gasteiger partial charge in [-0.05, 0) is 69.4 Å². The summed E-state index contributed by atoms with van der Waals surface area (Å²) in [4.78, 5) is 0. The number of aromatic nitrogens is 4. The third kappa shape index (κ3) is 4.14. The Morgan fingerprint density at radius 3 is 2.12 bits per heavy atom. The first-order valence-corrected chi connectivity index (χ1v) is 10.4. The van der Waals surface area contributed by atoms with Crippen LogP contribution in [0.15, 0.2) is 24.3 Å². The molecule has 2 aromatic carbocycles. The third-order valence-corrected chi connectivity index (χ3v) is 6.46. The number of hydrogen-bond acceptors (Lipinski definition) is 2. The first-order chi connectivity index (χ1) is 11.8. The molecule has 0 aliphatic carbocycles. The van der Waals surface area contributed by atoms with E-state index in [1.165, 1.54) is 0 Å². The zero-order valence-electron chi connectivity index (χ0n) is 12.4. The molecular formula is C15H8Cl4I2N4. The van der Waals surface area contributed by atoms with Crippen LogP contribution in [0.3, 0.4) is 0 Å². The third-order valence-electron chi connectivity index (χ3n) is 3.40. The molecule has 25 heavy (non-hydrogen) atoms. The molecule has 0 amide bonds. The van der Waals surface area contributed by atoms with Gasteiger partial charge in [0.1, 0.15) is 7.40 Å². The molecule has 0 aliphatic heterocycles. The molecule has 0 aliphatic rings. The molecule has 4 aromatic rings. The van der Waals surface area contributed by atoms with Gasteiger partial charge in [-0.25, -0.2) is 0 Å². The van der Waals surface area contributed by atoms with Gasteiger partial charge in [0.15, 0.2) is 0 Å². The molecule has 130 valence electrons. The second-order valence-electron chi connectivity index (χ2n) is 5.02. The van der Waals surface area contributed by atoms with E-state index in [0.29, 0.717) is 20.1 Å². The van der Waals surface area contributed by atoms with Crippen molar-refractivity contribution in [2.45, 2.75) is 0 Å². The highest BCUT2D eigenvalue weighted by Gasteiger charge is 2.09. The Labute approximate surface area is 190 Å². The van der Waals surface area contributed by atoms with Crippen LogP contribution < -0.4 is 0 Å². The number of nitrogens with one attached hydrogen (secondary N) is 1. The van der Waals surface area contributed by atoms with E-state index in [1.807, 2.05) is 25.2 Å². The maximum Gasteiger partial charge on any atom is 0.131 e. The van der Waals surface area contributed by atoms with Gasteiger partial charge in [0, 0.05) is 17.8 Å². The number of hydrogen-bond donors (Lipinski definition) is 1. The predicted molar refractivity (Wildman–Crippen MR) is 122 cm³/mol.